The number of hydrogen-bond donors (Lipinski definition) is 2. The lowest BCUT2D eigenvalue weighted by molar-refractivity contribution is -0.148. The van der Waals surface area contributed by atoms with Crippen LogP contribution in [-0.4, -0.2) is 22.5 Å². The smallest absolute Gasteiger partial charge is 0.330 e. The van der Waals surface area contributed by atoms with Crippen molar-refractivity contribution in [1.29, 1.82) is 0 Å². The van der Waals surface area contributed by atoms with Gasteiger partial charge in [0.05, 0.1) is 0 Å². The predicted octanol–water partition coefficient (Wildman–Crippen LogP) is 4.24. The number of fused-ring (bicyclic) bond motifs is 1. The fraction of sp³-hybridized carbons (Fsp3) is 0.364. The number of rotatable bonds is 4. The first-order valence-electron chi connectivity index (χ1n) is 9.40. The molecule has 0 heterocycles. The summed E-state index contributed by atoms with van der Waals surface area (Å²) in [5, 5.41) is 13.5. The number of benzene rings is 2. The van der Waals surface area contributed by atoms with Gasteiger partial charge in [-0.1, -0.05) is 54.8 Å². The summed E-state index contributed by atoms with van der Waals surface area (Å²) >= 11 is 5.96. The third kappa shape index (κ3) is 3.46. The van der Waals surface area contributed by atoms with Crippen molar-refractivity contribution >= 4 is 23.5 Å². The van der Waals surface area contributed by atoms with Crippen molar-refractivity contribution in [3.05, 3.63) is 58.6 Å². The summed E-state index contributed by atoms with van der Waals surface area (Å²) in [6.45, 7) is 0. The van der Waals surface area contributed by atoms with Gasteiger partial charge in [0.1, 0.15) is 5.54 Å². The van der Waals surface area contributed by atoms with Crippen molar-refractivity contribution in [2.24, 2.45) is 5.92 Å². The van der Waals surface area contributed by atoms with E-state index in [4.69, 9.17) is 11.6 Å². The maximum absolute atomic E-state index is 12.6. The highest BCUT2D eigenvalue weighted by Gasteiger charge is 2.46. The normalized spacial score (nSPS) is 21.8. The van der Waals surface area contributed by atoms with Crippen molar-refractivity contribution in [1.82, 2.24) is 5.32 Å². The highest BCUT2D eigenvalue weighted by atomic mass is 35.5. The van der Waals surface area contributed by atoms with Crippen LogP contribution < -0.4 is 5.32 Å². The van der Waals surface area contributed by atoms with Crippen LogP contribution in [0.3, 0.4) is 0 Å². The van der Waals surface area contributed by atoms with Gasteiger partial charge in [0.25, 0.3) is 0 Å². The Bertz CT molecular complexity index is 887. The SMILES string of the molecule is O=C(NC1(C(=O)O)Cc2ccc(-c3ccc(Cl)cc3)cc2C1)C1CCCC1. The summed E-state index contributed by atoms with van der Waals surface area (Å²) in [5.41, 5.74) is 2.79. The molecule has 2 aromatic rings. The molecule has 2 aliphatic rings. The Balaban J connectivity index is 1.59. The molecule has 0 saturated heterocycles. The zero-order valence-electron chi connectivity index (χ0n) is 15.0. The highest BCUT2D eigenvalue weighted by Crippen LogP contribution is 2.35. The zero-order chi connectivity index (χ0) is 19.0. The quantitative estimate of drug-likeness (QED) is 0.830. The zero-order valence-corrected chi connectivity index (χ0v) is 15.8. The molecule has 0 aliphatic heterocycles. The molecule has 1 fully saturated rings. The molecular formula is C22H22ClNO3. The Morgan fingerprint density at radius 2 is 1.59 bits per heavy atom. The summed E-state index contributed by atoms with van der Waals surface area (Å²) in [4.78, 5) is 24.7. The van der Waals surface area contributed by atoms with Crippen molar-refractivity contribution in [2.75, 3.05) is 0 Å². The summed E-state index contributed by atoms with van der Waals surface area (Å²) < 4.78 is 0. The van der Waals surface area contributed by atoms with E-state index in [2.05, 4.69) is 5.32 Å². The van der Waals surface area contributed by atoms with Crippen LogP contribution in [0.4, 0.5) is 0 Å². The summed E-state index contributed by atoms with van der Waals surface area (Å²) in [7, 11) is 0. The van der Waals surface area contributed by atoms with Crippen molar-refractivity contribution in [2.45, 2.75) is 44.1 Å². The summed E-state index contributed by atoms with van der Waals surface area (Å²) in [6.07, 6.45) is 4.45. The minimum Gasteiger partial charge on any atom is -0.479 e. The average Bonchev–Trinajstić information content (AvgIpc) is 3.30. The lowest BCUT2D eigenvalue weighted by atomic mass is 9.94. The molecule has 0 spiro atoms. The Hall–Kier alpha value is -2.33. The van der Waals surface area contributed by atoms with Crippen LogP contribution in [0.5, 0.6) is 0 Å². The first-order valence-corrected chi connectivity index (χ1v) is 9.78. The monoisotopic (exact) mass is 383 g/mol. The second-order valence-electron chi connectivity index (χ2n) is 7.70. The van der Waals surface area contributed by atoms with E-state index in [1.165, 1.54) is 0 Å². The van der Waals surface area contributed by atoms with E-state index >= 15 is 0 Å². The van der Waals surface area contributed by atoms with Crippen LogP contribution in [0.2, 0.25) is 5.02 Å². The van der Waals surface area contributed by atoms with Gasteiger partial charge in [0, 0.05) is 23.8 Å². The molecule has 140 valence electrons. The average molecular weight is 384 g/mol. The van der Waals surface area contributed by atoms with E-state index < -0.39 is 11.5 Å². The highest BCUT2D eigenvalue weighted by molar-refractivity contribution is 6.30. The van der Waals surface area contributed by atoms with Crippen LogP contribution in [-0.2, 0) is 22.4 Å². The summed E-state index contributed by atoms with van der Waals surface area (Å²) in [5.74, 6) is -1.12. The molecule has 1 unspecified atom stereocenters. The molecular weight excluding hydrogens is 362 g/mol. The fourth-order valence-electron chi connectivity index (χ4n) is 4.32. The lowest BCUT2D eigenvalue weighted by Gasteiger charge is -2.27. The van der Waals surface area contributed by atoms with E-state index in [0.717, 1.165) is 47.9 Å². The van der Waals surface area contributed by atoms with Gasteiger partial charge in [-0.15, -0.1) is 0 Å². The van der Waals surface area contributed by atoms with Crippen molar-refractivity contribution in [3.8, 4) is 11.1 Å². The molecule has 2 aliphatic carbocycles. The number of hydrogen-bond acceptors (Lipinski definition) is 2. The number of carboxylic acid groups (broad SMARTS) is 1. The van der Waals surface area contributed by atoms with Crippen LogP contribution >= 0.6 is 11.6 Å². The number of aliphatic carboxylic acids is 1. The van der Waals surface area contributed by atoms with Gasteiger partial charge in [-0.05, 0) is 47.2 Å². The molecule has 1 saturated carbocycles. The fourth-order valence-corrected chi connectivity index (χ4v) is 4.44. The number of amides is 1. The maximum Gasteiger partial charge on any atom is 0.330 e. The topological polar surface area (TPSA) is 66.4 Å². The molecule has 0 bridgehead atoms. The molecule has 2 aromatic carbocycles. The summed E-state index contributed by atoms with van der Waals surface area (Å²) in [6, 6.07) is 13.6. The van der Waals surface area contributed by atoms with Gasteiger partial charge in [-0.3, -0.25) is 4.79 Å². The minimum atomic E-state index is -1.24. The standard InChI is InChI=1S/C22H22ClNO3/c23-19-9-7-14(8-10-19)16-5-6-17-12-22(21(26)27,13-18(17)11-16)24-20(25)15-3-1-2-4-15/h5-11,15H,1-4,12-13H2,(H,24,25)(H,26,27). The molecule has 1 amide bonds. The van der Waals surface area contributed by atoms with Gasteiger partial charge >= 0.3 is 5.97 Å². The van der Waals surface area contributed by atoms with E-state index in [9.17, 15) is 14.7 Å². The van der Waals surface area contributed by atoms with E-state index in [0.29, 0.717) is 17.9 Å². The third-order valence-electron chi connectivity index (χ3n) is 5.87. The first kappa shape index (κ1) is 18.1. The maximum atomic E-state index is 12.6. The Morgan fingerprint density at radius 3 is 2.26 bits per heavy atom. The molecule has 1 atom stereocenters. The van der Waals surface area contributed by atoms with Gasteiger partial charge < -0.3 is 10.4 Å². The van der Waals surface area contributed by atoms with Crippen molar-refractivity contribution in [3.63, 3.8) is 0 Å². The van der Waals surface area contributed by atoms with Crippen LogP contribution in [0.1, 0.15) is 36.8 Å². The van der Waals surface area contributed by atoms with Gasteiger partial charge in [0.2, 0.25) is 5.91 Å². The molecule has 0 aromatic heterocycles. The molecule has 4 rings (SSSR count). The largest absolute Gasteiger partial charge is 0.479 e. The number of carboxylic acids is 1. The molecule has 4 nitrogen and oxygen atoms in total. The Morgan fingerprint density at radius 1 is 0.963 bits per heavy atom. The number of carbonyl (C=O) groups excluding carboxylic acids is 1. The lowest BCUT2D eigenvalue weighted by Crippen LogP contribution is -2.56. The first-order chi connectivity index (χ1) is 13.0. The van der Waals surface area contributed by atoms with Crippen LogP contribution in [0.25, 0.3) is 11.1 Å². The Labute approximate surface area is 163 Å². The Kier molecular flexibility index (Phi) is 4.68. The van der Waals surface area contributed by atoms with E-state index in [1.54, 1.807) is 0 Å². The van der Waals surface area contributed by atoms with Crippen LogP contribution in [0.15, 0.2) is 42.5 Å². The molecule has 5 heteroatoms. The number of nitrogens with one attached hydrogen (secondary N) is 1. The number of carbonyl (C=O) groups is 2. The van der Waals surface area contributed by atoms with E-state index in [-0.39, 0.29) is 11.8 Å². The van der Waals surface area contributed by atoms with Crippen molar-refractivity contribution < 1.29 is 14.7 Å². The molecule has 0 radical (unpaired) electrons. The minimum absolute atomic E-state index is 0.0467. The second-order valence-corrected chi connectivity index (χ2v) is 8.14. The third-order valence-corrected chi connectivity index (χ3v) is 6.12. The molecule has 2 N–H and O–H groups in total. The predicted molar refractivity (Wildman–Crippen MR) is 105 cm³/mol. The molecule has 27 heavy (non-hydrogen) atoms. The van der Waals surface area contributed by atoms with Gasteiger partial charge in [-0.25, -0.2) is 4.79 Å². The van der Waals surface area contributed by atoms with Gasteiger partial charge in [0.15, 0.2) is 0 Å². The van der Waals surface area contributed by atoms with Crippen LogP contribution in [0, 0.1) is 5.92 Å². The second kappa shape index (κ2) is 7.01. The van der Waals surface area contributed by atoms with E-state index in [1.807, 2.05) is 42.5 Å². The van der Waals surface area contributed by atoms with Gasteiger partial charge in [-0.2, -0.15) is 0 Å². The number of halogens is 1.